The molecule has 0 fully saturated rings. The van der Waals surface area contributed by atoms with Gasteiger partial charge in [0.15, 0.2) is 0 Å². The summed E-state index contributed by atoms with van der Waals surface area (Å²) in [6.07, 6.45) is 0. The van der Waals surface area contributed by atoms with E-state index in [9.17, 15) is 4.79 Å². The fourth-order valence-electron chi connectivity index (χ4n) is 1.48. The first-order valence-corrected chi connectivity index (χ1v) is 7.21. The Morgan fingerprint density at radius 3 is 2.68 bits per heavy atom. The van der Waals surface area contributed by atoms with Gasteiger partial charge in [0, 0.05) is 15.8 Å². The van der Waals surface area contributed by atoms with Crippen molar-refractivity contribution < 1.29 is 4.79 Å². The Bertz CT molecular complexity index is 646. The lowest BCUT2D eigenvalue weighted by Gasteiger charge is -2.04. The molecule has 0 saturated heterocycles. The summed E-state index contributed by atoms with van der Waals surface area (Å²) >= 11 is 7.61. The molecule has 0 atom stereocenters. The summed E-state index contributed by atoms with van der Waals surface area (Å²) in [5.74, 6) is 0.0457. The van der Waals surface area contributed by atoms with Gasteiger partial charge in [-0.25, -0.2) is 5.43 Å². The van der Waals surface area contributed by atoms with E-state index in [1.807, 2.05) is 45.0 Å². The molecule has 0 bridgehead atoms. The molecule has 0 radical (unpaired) electrons. The second-order valence-corrected chi connectivity index (χ2v) is 6.02. The number of fused-ring (bicyclic) bond motifs is 1. The monoisotopic (exact) mass is 294 g/mol. The lowest BCUT2D eigenvalue weighted by Crippen LogP contribution is -2.19. The summed E-state index contributed by atoms with van der Waals surface area (Å²) in [5.41, 5.74) is 3.44. The van der Waals surface area contributed by atoms with Crippen LogP contribution in [-0.2, 0) is 0 Å². The van der Waals surface area contributed by atoms with E-state index in [1.165, 1.54) is 11.3 Å². The summed E-state index contributed by atoms with van der Waals surface area (Å²) in [6.45, 7) is 5.94. The molecule has 2 aromatic rings. The molecule has 1 N–H and O–H groups in total. The minimum atomic E-state index is -0.258. The number of nitrogens with zero attached hydrogens (tertiary/aromatic N) is 1. The van der Waals surface area contributed by atoms with Gasteiger partial charge in [0.05, 0.1) is 5.02 Å². The summed E-state index contributed by atoms with van der Waals surface area (Å²) < 4.78 is 1.00. The van der Waals surface area contributed by atoms with Crippen LogP contribution in [0.15, 0.2) is 29.4 Å². The normalized spacial score (nSPS) is 12.2. The molecule has 19 heavy (non-hydrogen) atoms. The van der Waals surface area contributed by atoms with E-state index in [1.54, 1.807) is 0 Å². The third kappa shape index (κ3) is 2.96. The number of amides is 1. The molecule has 0 saturated carbocycles. The summed E-state index contributed by atoms with van der Waals surface area (Å²) in [7, 11) is 0. The van der Waals surface area contributed by atoms with Crippen LogP contribution in [0.25, 0.3) is 10.1 Å². The largest absolute Gasteiger partial charge is 0.283 e. The zero-order valence-corrected chi connectivity index (χ0v) is 12.6. The molecule has 3 nitrogen and oxygen atoms in total. The zero-order valence-electron chi connectivity index (χ0n) is 11.0. The third-order valence-corrected chi connectivity index (χ3v) is 4.58. The van der Waals surface area contributed by atoms with Gasteiger partial charge in [-0.05, 0) is 18.9 Å². The lowest BCUT2D eigenvalue weighted by molar-refractivity contribution is 0.0959. The van der Waals surface area contributed by atoms with Crippen molar-refractivity contribution in [1.29, 1.82) is 0 Å². The maximum atomic E-state index is 12.1. The molecule has 100 valence electrons. The van der Waals surface area contributed by atoms with E-state index in [0.717, 1.165) is 15.8 Å². The first-order chi connectivity index (χ1) is 9.00. The predicted molar refractivity (Wildman–Crippen MR) is 82.2 cm³/mol. The maximum Gasteiger partial charge on any atom is 0.283 e. The van der Waals surface area contributed by atoms with E-state index in [4.69, 9.17) is 11.6 Å². The predicted octanol–water partition coefficient (Wildman–Crippen LogP) is 4.32. The molecule has 0 aliphatic rings. The topological polar surface area (TPSA) is 41.5 Å². The van der Waals surface area contributed by atoms with Crippen molar-refractivity contribution in [1.82, 2.24) is 5.43 Å². The zero-order chi connectivity index (χ0) is 14.0. The molecule has 2 rings (SSSR count). The number of halogens is 1. The molecule has 0 unspecified atom stereocenters. The van der Waals surface area contributed by atoms with Crippen LogP contribution in [0.5, 0.6) is 0 Å². The van der Waals surface area contributed by atoms with Crippen molar-refractivity contribution in [3.63, 3.8) is 0 Å². The third-order valence-electron chi connectivity index (χ3n) is 2.91. The van der Waals surface area contributed by atoms with Crippen LogP contribution in [0.4, 0.5) is 0 Å². The number of carbonyl (C=O) groups is 1. The number of nitrogens with one attached hydrogen (secondary N) is 1. The van der Waals surface area contributed by atoms with Gasteiger partial charge in [-0.2, -0.15) is 5.10 Å². The van der Waals surface area contributed by atoms with Crippen molar-refractivity contribution >= 4 is 44.6 Å². The molecule has 0 aliphatic carbocycles. The molecule has 1 aromatic heterocycles. The maximum absolute atomic E-state index is 12.1. The van der Waals surface area contributed by atoms with Crippen molar-refractivity contribution in [3.05, 3.63) is 34.2 Å². The average Bonchev–Trinajstić information content (AvgIpc) is 2.73. The molecule has 1 aromatic carbocycles. The number of carbonyl (C=O) groups excluding carboxylic acids is 1. The van der Waals surface area contributed by atoms with Gasteiger partial charge in [0.2, 0.25) is 0 Å². The highest BCUT2D eigenvalue weighted by Gasteiger charge is 2.16. The van der Waals surface area contributed by atoms with Crippen LogP contribution >= 0.6 is 22.9 Å². The lowest BCUT2D eigenvalue weighted by atomic mass is 10.1. The number of hydrazone groups is 1. The molecule has 5 heteroatoms. The standard InChI is InChI=1S/C14H15ClN2OS/c1-8(2)9(3)16-17-14(18)13-12(15)10-6-4-5-7-11(10)19-13/h4-8H,1-3H3,(H,17,18)/b16-9+. The average molecular weight is 295 g/mol. The number of hydrogen-bond donors (Lipinski definition) is 1. The van der Waals surface area contributed by atoms with Crippen molar-refractivity contribution in [2.45, 2.75) is 20.8 Å². The second kappa shape index (κ2) is 5.72. The molecule has 1 heterocycles. The Hall–Kier alpha value is -1.39. The molecular formula is C14H15ClN2OS. The van der Waals surface area contributed by atoms with Crippen molar-refractivity contribution in [2.24, 2.45) is 11.0 Å². The highest BCUT2D eigenvalue weighted by atomic mass is 35.5. The van der Waals surface area contributed by atoms with Gasteiger partial charge < -0.3 is 0 Å². The van der Waals surface area contributed by atoms with Crippen LogP contribution in [0, 0.1) is 5.92 Å². The van der Waals surface area contributed by atoms with Gasteiger partial charge in [-0.3, -0.25) is 4.79 Å². The van der Waals surface area contributed by atoms with Crippen LogP contribution in [0.3, 0.4) is 0 Å². The molecular weight excluding hydrogens is 280 g/mol. The minimum absolute atomic E-state index is 0.258. The Labute approximate surface area is 121 Å². The highest BCUT2D eigenvalue weighted by Crippen LogP contribution is 2.34. The summed E-state index contributed by atoms with van der Waals surface area (Å²) in [5, 5.41) is 5.48. The smallest absolute Gasteiger partial charge is 0.266 e. The fourth-order valence-corrected chi connectivity index (χ4v) is 2.89. The Kier molecular flexibility index (Phi) is 4.22. The Morgan fingerprint density at radius 1 is 1.37 bits per heavy atom. The van der Waals surface area contributed by atoms with E-state index < -0.39 is 0 Å². The molecule has 0 aliphatic heterocycles. The number of benzene rings is 1. The Balaban J connectivity index is 2.27. The van der Waals surface area contributed by atoms with Crippen molar-refractivity contribution in [2.75, 3.05) is 0 Å². The molecule has 1 amide bonds. The van der Waals surface area contributed by atoms with Crippen LogP contribution in [0.2, 0.25) is 5.02 Å². The minimum Gasteiger partial charge on any atom is -0.266 e. The Morgan fingerprint density at radius 2 is 2.05 bits per heavy atom. The van der Waals surface area contributed by atoms with Gasteiger partial charge in [0.25, 0.3) is 5.91 Å². The number of thiophene rings is 1. The number of rotatable bonds is 3. The first kappa shape index (κ1) is 14.0. The van der Waals surface area contributed by atoms with E-state index >= 15 is 0 Å². The fraction of sp³-hybridized carbons (Fsp3) is 0.286. The van der Waals surface area contributed by atoms with Gasteiger partial charge in [0.1, 0.15) is 4.88 Å². The number of hydrogen-bond acceptors (Lipinski definition) is 3. The van der Waals surface area contributed by atoms with Crippen LogP contribution in [-0.4, -0.2) is 11.6 Å². The summed E-state index contributed by atoms with van der Waals surface area (Å²) in [6, 6.07) is 7.69. The van der Waals surface area contributed by atoms with Crippen LogP contribution < -0.4 is 5.43 Å². The summed E-state index contributed by atoms with van der Waals surface area (Å²) in [4.78, 5) is 12.6. The molecule has 0 spiro atoms. The SMILES string of the molecule is C/C(=N\NC(=O)c1sc2ccccc2c1Cl)C(C)C. The van der Waals surface area contributed by atoms with Gasteiger partial charge >= 0.3 is 0 Å². The van der Waals surface area contributed by atoms with E-state index in [-0.39, 0.29) is 5.91 Å². The van der Waals surface area contributed by atoms with Crippen LogP contribution in [0.1, 0.15) is 30.4 Å². The highest BCUT2D eigenvalue weighted by molar-refractivity contribution is 7.21. The second-order valence-electron chi connectivity index (χ2n) is 4.59. The first-order valence-electron chi connectivity index (χ1n) is 6.02. The van der Waals surface area contributed by atoms with Gasteiger partial charge in [-0.15, -0.1) is 11.3 Å². The van der Waals surface area contributed by atoms with Crippen molar-refractivity contribution in [3.8, 4) is 0 Å². The van der Waals surface area contributed by atoms with Gasteiger partial charge in [-0.1, -0.05) is 43.6 Å². The quantitative estimate of drug-likeness (QED) is 0.665. The van der Waals surface area contributed by atoms with E-state index in [2.05, 4.69) is 10.5 Å². The van der Waals surface area contributed by atoms with E-state index in [0.29, 0.717) is 15.8 Å².